The second-order valence-electron chi connectivity index (χ2n) is 2.38. The van der Waals surface area contributed by atoms with Crippen LogP contribution in [-0.4, -0.2) is 13.1 Å². The molecule has 0 bridgehead atoms. The van der Waals surface area contributed by atoms with Crippen molar-refractivity contribution in [3.63, 3.8) is 0 Å². The maximum absolute atomic E-state index is 11.1. The Balaban J connectivity index is 2.79. The first kappa shape index (κ1) is 9.32. The third-order valence-corrected chi connectivity index (χ3v) is 2.12. The van der Waals surface area contributed by atoms with Crippen molar-refractivity contribution in [3.8, 4) is 0 Å². The summed E-state index contributed by atoms with van der Waals surface area (Å²) in [5, 5.41) is 0. The SMILES string of the molecule is COC(=O)C1=C(C)O/C(=C/Br)C1. The summed E-state index contributed by atoms with van der Waals surface area (Å²) in [4.78, 5) is 12.7. The van der Waals surface area contributed by atoms with Gasteiger partial charge in [0.25, 0.3) is 0 Å². The Hall–Kier alpha value is -0.770. The van der Waals surface area contributed by atoms with Crippen molar-refractivity contribution >= 4 is 21.9 Å². The van der Waals surface area contributed by atoms with Gasteiger partial charge in [-0.1, -0.05) is 15.9 Å². The molecule has 1 heterocycles. The van der Waals surface area contributed by atoms with E-state index < -0.39 is 0 Å². The number of carbonyl (C=O) groups excluding carboxylic acids is 1. The number of hydrogen-bond donors (Lipinski definition) is 0. The van der Waals surface area contributed by atoms with Gasteiger partial charge in [0.1, 0.15) is 11.5 Å². The predicted octanol–water partition coefficient (Wildman–Crippen LogP) is 2.09. The highest BCUT2D eigenvalue weighted by Gasteiger charge is 2.23. The zero-order valence-corrected chi connectivity index (χ0v) is 8.47. The van der Waals surface area contributed by atoms with E-state index in [9.17, 15) is 4.79 Å². The molecule has 0 unspecified atom stereocenters. The number of allylic oxidation sites excluding steroid dienone is 2. The fraction of sp³-hybridized carbons (Fsp3) is 0.375. The van der Waals surface area contributed by atoms with Gasteiger partial charge in [0.2, 0.25) is 0 Å². The van der Waals surface area contributed by atoms with Gasteiger partial charge in [-0.2, -0.15) is 0 Å². The molecule has 0 aromatic heterocycles. The van der Waals surface area contributed by atoms with Crippen LogP contribution in [0.15, 0.2) is 22.1 Å². The number of ether oxygens (including phenoxy) is 2. The van der Waals surface area contributed by atoms with Gasteiger partial charge in [-0.05, 0) is 6.92 Å². The van der Waals surface area contributed by atoms with E-state index in [4.69, 9.17) is 4.74 Å². The summed E-state index contributed by atoms with van der Waals surface area (Å²) >= 11 is 3.14. The highest BCUT2D eigenvalue weighted by atomic mass is 79.9. The van der Waals surface area contributed by atoms with Gasteiger partial charge in [0.15, 0.2) is 0 Å². The topological polar surface area (TPSA) is 35.5 Å². The van der Waals surface area contributed by atoms with Gasteiger partial charge in [-0.15, -0.1) is 0 Å². The minimum absolute atomic E-state index is 0.322. The average molecular weight is 233 g/mol. The Bertz CT molecular complexity index is 265. The molecule has 0 amide bonds. The molecule has 12 heavy (non-hydrogen) atoms. The van der Waals surface area contributed by atoms with Crippen molar-refractivity contribution in [1.82, 2.24) is 0 Å². The van der Waals surface area contributed by atoms with Gasteiger partial charge >= 0.3 is 5.97 Å². The van der Waals surface area contributed by atoms with Crippen LogP contribution < -0.4 is 0 Å². The van der Waals surface area contributed by atoms with E-state index in [-0.39, 0.29) is 5.97 Å². The first-order valence-corrected chi connectivity index (χ1v) is 4.35. The number of halogens is 1. The van der Waals surface area contributed by atoms with Crippen LogP contribution >= 0.6 is 15.9 Å². The number of esters is 1. The molecule has 0 aliphatic carbocycles. The number of carbonyl (C=O) groups is 1. The summed E-state index contributed by atoms with van der Waals surface area (Å²) in [7, 11) is 1.36. The maximum atomic E-state index is 11.1. The first-order chi connectivity index (χ1) is 5.69. The van der Waals surface area contributed by atoms with E-state index in [0.29, 0.717) is 17.8 Å². The normalized spacial score (nSPS) is 19.8. The first-order valence-electron chi connectivity index (χ1n) is 3.44. The molecule has 0 aromatic rings. The molecule has 0 spiro atoms. The molecule has 1 aliphatic rings. The molecule has 66 valence electrons. The van der Waals surface area contributed by atoms with Crippen LogP contribution in [0, 0.1) is 0 Å². The molecule has 0 radical (unpaired) electrons. The summed E-state index contributed by atoms with van der Waals surface area (Å²) in [6.45, 7) is 1.75. The summed E-state index contributed by atoms with van der Waals surface area (Å²) in [6, 6.07) is 0. The standard InChI is InChI=1S/C8H9BrO3/c1-5-7(8(10)11-2)3-6(4-9)12-5/h4H,3H2,1-2H3/b6-4+. The molecule has 0 aromatic carbocycles. The van der Waals surface area contributed by atoms with Crippen LogP contribution in [-0.2, 0) is 14.3 Å². The van der Waals surface area contributed by atoms with Crippen molar-refractivity contribution in [3.05, 3.63) is 22.1 Å². The van der Waals surface area contributed by atoms with E-state index in [1.807, 2.05) is 0 Å². The van der Waals surface area contributed by atoms with E-state index >= 15 is 0 Å². The molecule has 0 fully saturated rings. The molecule has 0 saturated carbocycles. The average Bonchev–Trinajstić information content (AvgIpc) is 2.45. The summed E-state index contributed by atoms with van der Waals surface area (Å²) in [6.07, 6.45) is 0.504. The van der Waals surface area contributed by atoms with Gasteiger partial charge in [-0.25, -0.2) is 4.79 Å². The lowest BCUT2D eigenvalue weighted by molar-refractivity contribution is -0.136. The molecule has 1 aliphatic heterocycles. The Morgan fingerprint density at radius 1 is 1.75 bits per heavy atom. The van der Waals surface area contributed by atoms with Gasteiger partial charge < -0.3 is 9.47 Å². The zero-order valence-electron chi connectivity index (χ0n) is 6.89. The lowest BCUT2D eigenvalue weighted by Crippen LogP contribution is -2.03. The van der Waals surface area contributed by atoms with Crippen molar-refractivity contribution in [1.29, 1.82) is 0 Å². The Morgan fingerprint density at radius 2 is 2.42 bits per heavy atom. The fourth-order valence-corrected chi connectivity index (χ4v) is 1.25. The summed E-state index contributed by atoms with van der Waals surface area (Å²) in [5.74, 6) is 1.03. The van der Waals surface area contributed by atoms with Crippen LogP contribution in [0.4, 0.5) is 0 Å². The lowest BCUT2D eigenvalue weighted by atomic mass is 10.2. The van der Waals surface area contributed by atoms with Crippen LogP contribution in [0.2, 0.25) is 0 Å². The number of methoxy groups -OCH3 is 1. The highest BCUT2D eigenvalue weighted by molar-refractivity contribution is 9.11. The fourth-order valence-electron chi connectivity index (χ4n) is 0.993. The van der Waals surface area contributed by atoms with Gasteiger partial charge in [0, 0.05) is 11.4 Å². The maximum Gasteiger partial charge on any atom is 0.337 e. The smallest absolute Gasteiger partial charge is 0.337 e. The van der Waals surface area contributed by atoms with Crippen molar-refractivity contribution < 1.29 is 14.3 Å². The number of rotatable bonds is 1. The third-order valence-electron chi connectivity index (χ3n) is 1.61. The molecular formula is C8H9BrO3. The zero-order chi connectivity index (χ0) is 9.14. The van der Waals surface area contributed by atoms with Crippen LogP contribution in [0.25, 0.3) is 0 Å². The Morgan fingerprint density at radius 3 is 2.83 bits per heavy atom. The molecule has 0 saturated heterocycles. The van der Waals surface area contributed by atoms with E-state index in [1.165, 1.54) is 7.11 Å². The van der Waals surface area contributed by atoms with E-state index in [0.717, 1.165) is 5.76 Å². The Labute approximate surface area is 79.2 Å². The molecule has 3 nitrogen and oxygen atoms in total. The van der Waals surface area contributed by atoms with E-state index in [2.05, 4.69) is 20.7 Å². The summed E-state index contributed by atoms with van der Waals surface area (Å²) in [5.41, 5.74) is 0.586. The van der Waals surface area contributed by atoms with Crippen molar-refractivity contribution in [2.24, 2.45) is 0 Å². The minimum Gasteiger partial charge on any atom is -0.466 e. The number of hydrogen-bond acceptors (Lipinski definition) is 3. The molecule has 0 N–H and O–H groups in total. The highest BCUT2D eigenvalue weighted by Crippen LogP contribution is 2.28. The molecule has 1 rings (SSSR count). The largest absolute Gasteiger partial charge is 0.466 e. The summed E-state index contributed by atoms with van der Waals surface area (Å²) < 4.78 is 9.82. The molecule has 0 atom stereocenters. The monoisotopic (exact) mass is 232 g/mol. The van der Waals surface area contributed by atoms with Crippen LogP contribution in [0.1, 0.15) is 13.3 Å². The lowest BCUT2D eigenvalue weighted by Gasteiger charge is -1.96. The van der Waals surface area contributed by atoms with Crippen molar-refractivity contribution in [2.45, 2.75) is 13.3 Å². The minimum atomic E-state index is -0.322. The van der Waals surface area contributed by atoms with Crippen LogP contribution in [0.5, 0.6) is 0 Å². The van der Waals surface area contributed by atoms with Gasteiger partial charge in [-0.3, -0.25) is 0 Å². The van der Waals surface area contributed by atoms with Gasteiger partial charge in [0.05, 0.1) is 12.7 Å². The quantitative estimate of drug-likeness (QED) is 0.650. The molecule has 4 heteroatoms. The van der Waals surface area contributed by atoms with E-state index in [1.54, 1.807) is 11.9 Å². The van der Waals surface area contributed by atoms with Crippen molar-refractivity contribution in [2.75, 3.05) is 7.11 Å². The second kappa shape index (κ2) is 3.76. The molecular weight excluding hydrogens is 224 g/mol. The van der Waals surface area contributed by atoms with Crippen LogP contribution in [0.3, 0.4) is 0 Å². The Kier molecular flexibility index (Phi) is 2.92. The third kappa shape index (κ3) is 1.69. The predicted molar refractivity (Wildman–Crippen MR) is 47.4 cm³/mol. The second-order valence-corrected chi connectivity index (χ2v) is 2.84.